The van der Waals surface area contributed by atoms with Crippen molar-refractivity contribution in [1.29, 1.82) is 0 Å². The lowest BCUT2D eigenvalue weighted by atomic mass is 9.69. The van der Waals surface area contributed by atoms with Gasteiger partial charge in [-0.25, -0.2) is 0 Å². The van der Waals surface area contributed by atoms with Crippen LogP contribution in [-0.2, 0) is 0 Å². The fourth-order valence-corrected chi connectivity index (χ4v) is 3.94. The smallest absolute Gasteiger partial charge is 0.134 e. The van der Waals surface area contributed by atoms with Gasteiger partial charge in [0, 0.05) is 5.92 Å². The maximum absolute atomic E-state index is 6.01. The second kappa shape index (κ2) is 5.02. The Hall–Kier alpha value is -0.480. The lowest BCUT2D eigenvalue weighted by Gasteiger charge is -2.37. The van der Waals surface area contributed by atoms with E-state index >= 15 is 0 Å². The molecule has 0 radical (unpaired) electrons. The van der Waals surface area contributed by atoms with Crippen LogP contribution in [0.15, 0.2) is 0 Å². The molecule has 0 aliphatic heterocycles. The maximum atomic E-state index is 6.01. The van der Waals surface area contributed by atoms with Gasteiger partial charge in [-0.05, 0) is 24.7 Å². The Kier molecular flexibility index (Phi) is 3.83. The van der Waals surface area contributed by atoms with E-state index in [1.807, 2.05) is 0 Å². The summed E-state index contributed by atoms with van der Waals surface area (Å²) in [6.45, 7) is 6.81. The molecule has 0 amide bonds. The van der Waals surface area contributed by atoms with Crippen molar-refractivity contribution in [1.82, 2.24) is 10.2 Å². The van der Waals surface area contributed by atoms with Crippen LogP contribution in [0.2, 0.25) is 0 Å². The molecule has 1 fully saturated rings. The van der Waals surface area contributed by atoms with Gasteiger partial charge in [0.05, 0.1) is 6.04 Å². The van der Waals surface area contributed by atoms with Crippen LogP contribution in [0.5, 0.6) is 0 Å². The highest BCUT2D eigenvalue weighted by molar-refractivity contribution is 7.11. The molecule has 2 rings (SSSR count). The number of rotatable bonds is 3. The highest BCUT2D eigenvalue weighted by Gasteiger charge is 2.35. The van der Waals surface area contributed by atoms with Gasteiger partial charge in [0.1, 0.15) is 10.0 Å². The Bertz CT molecular complexity index is 372. The van der Waals surface area contributed by atoms with Gasteiger partial charge in [0.2, 0.25) is 0 Å². The lowest BCUT2D eigenvalue weighted by molar-refractivity contribution is 0.198. The first-order valence-electron chi connectivity index (χ1n) is 6.63. The zero-order valence-corrected chi connectivity index (χ0v) is 11.9. The van der Waals surface area contributed by atoms with E-state index in [2.05, 4.69) is 31.0 Å². The van der Waals surface area contributed by atoms with E-state index in [0.717, 1.165) is 11.4 Å². The standard InChI is InChI=1S/C13H23N3S/c1-4-10(14)12-16-15-11(17-12)9-7-5-6-8-13(9,2)3/h9-10H,4-8,14H2,1-3H3. The molecule has 1 aliphatic carbocycles. The summed E-state index contributed by atoms with van der Waals surface area (Å²) in [6, 6.07) is 0.0629. The van der Waals surface area contributed by atoms with Crippen molar-refractivity contribution in [3.63, 3.8) is 0 Å². The summed E-state index contributed by atoms with van der Waals surface area (Å²) in [6.07, 6.45) is 6.16. The average molecular weight is 253 g/mol. The minimum atomic E-state index is 0.0629. The molecular weight excluding hydrogens is 230 g/mol. The van der Waals surface area contributed by atoms with Crippen molar-refractivity contribution in [2.75, 3.05) is 0 Å². The SMILES string of the molecule is CCC(N)c1nnc(C2CCCCC2(C)C)s1. The quantitative estimate of drug-likeness (QED) is 0.895. The third-order valence-electron chi connectivity index (χ3n) is 4.02. The molecule has 1 aromatic rings. The molecule has 96 valence electrons. The first kappa shape index (κ1) is 13.0. The van der Waals surface area contributed by atoms with E-state index in [1.165, 1.54) is 30.7 Å². The van der Waals surface area contributed by atoms with Crippen LogP contribution >= 0.6 is 11.3 Å². The van der Waals surface area contributed by atoms with E-state index in [0.29, 0.717) is 11.3 Å². The molecule has 0 saturated heterocycles. The van der Waals surface area contributed by atoms with Gasteiger partial charge in [0.25, 0.3) is 0 Å². The molecule has 2 atom stereocenters. The van der Waals surface area contributed by atoms with Crippen LogP contribution in [0.3, 0.4) is 0 Å². The van der Waals surface area contributed by atoms with Crippen LogP contribution in [0.25, 0.3) is 0 Å². The Morgan fingerprint density at radius 1 is 1.41 bits per heavy atom. The minimum Gasteiger partial charge on any atom is -0.322 e. The molecule has 17 heavy (non-hydrogen) atoms. The van der Waals surface area contributed by atoms with E-state index in [4.69, 9.17) is 5.73 Å². The largest absolute Gasteiger partial charge is 0.322 e. The van der Waals surface area contributed by atoms with Crippen molar-refractivity contribution in [2.24, 2.45) is 11.1 Å². The number of aromatic nitrogens is 2. The van der Waals surface area contributed by atoms with Crippen molar-refractivity contribution < 1.29 is 0 Å². The summed E-state index contributed by atoms with van der Waals surface area (Å²) in [4.78, 5) is 0. The summed E-state index contributed by atoms with van der Waals surface area (Å²) < 4.78 is 0. The molecule has 0 bridgehead atoms. The molecule has 4 heteroatoms. The third-order valence-corrected chi connectivity index (χ3v) is 5.19. The predicted molar refractivity (Wildman–Crippen MR) is 72.1 cm³/mol. The summed E-state index contributed by atoms with van der Waals surface area (Å²) in [5.41, 5.74) is 6.38. The highest BCUT2D eigenvalue weighted by atomic mass is 32.1. The van der Waals surface area contributed by atoms with Gasteiger partial charge >= 0.3 is 0 Å². The topological polar surface area (TPSA) is 51.8 Å². The summed E-state index contributed by atoms with van der Waals surface area (Å²) >= 11 is 1.73. The zero-order chi connectivity index (χ0) is 12.5. The molecule has 1 saturated carbocycles. The average Bonchev–Trinajstić information content (AvgIpc) is 2.76. The third kappa shape index (κ3) is 2.68. The first-order valence-corrected chi connectivity index (χ1v) is 7.45. The Morgan fingerprint density at radius 2 is 2.18 bits per heavy atom. The van der Waals surface area contributed by atoms with Crippen molar-refractivity contribution in [3.05, 3.63) is 10.0 Å². The molecule has 0 aromatic carbocycles. The van der Waals surface area contributed by atoms with Crippen molar-refractivity contribution in [2.45, 2.75) is 64.8 Å². The second-order valence-electron chi connectivity index (χ2n) is 5.78. The van der Waals surface area contributed by atoms with Crippen molar-refractivity contribution in [3.8, 4) is 0 Å². The van der Waals surface area contributed by atoms with E-state index in [9.17, 15) is 0 Å². The van der Waals surface area contributed by atoms with Crippen LogP contribution in [0.4, 0.5) is 0 Å². The lowest BCUT2D eigenvalue weighted by Crippen LogP contribution is -2.25. The van der Waals surface area contributed by atoms with Crippen LogP contribution in [0, 0.1) is 5.41 Å². The predicted octanol–water partition coefficient (Wildman–Crippen LogP) is 3.63. The van der Waals surface area contributed by atoms with Gasteiger partial charge in [-0.2, -0.15) is 0 Å². The number of hydrogen-bond acceptors (Lipinski definition) is 4. The summed E-state index contributed by atoms with van der Waals surface area (Å²) in [7, 11) is 0. The Labute approximate surface area is 108 Å². The molecule has 0 spiro atoms. The molecule has 2 unspecified atom stereocenters. The van der Waals surface area contributed by atoms with E-state index in [1.54, 1.807) is 11.3 Å². The molecule has 2 N–H and O–H groups in total. The number of nitrogens with two attached hydrogens (primary N) is 1. The van der Waals surface area contributed by atoms with E-state index in [-0.39, 0.29) is 6.04 Å². The fraction of sp³-hybridized carbons (Fsp3) is 0.846. The molecular formula is C13H23N3S. The Balaban J connectivity index is 2.18. The van der Waals surface area contributed by atoms with Gasteiger partial charge in [-0.1, -0.05) is 44.9 Å². The van der Waals surface area contributed by atoms with Gasteiger partial charge in [-0.3, -0.25) is 0 Å². The zero-order valence-electron chi connectivity index (χ0n) is 11.1. The monoisotopic (exact) mass is 253 g/mol. The molecule has 3 nitrogen and oxygen atoms in total. The summed E-state index contributed by atoms with van der Waals surface area (Å²) in [5.74, 6) is 0.576. The van der Waals surface area contributed by atoms with Crippen LogP contribution in [0.1, 0.15) is 74.9 Å². The van der Waals surface area contributed by atoms with Gasteiger partial charge in [0.15, 0.2) is 0 Å². The fourth-order valence-electron chi connectivity index (χ4n) is 2.66. The second-order valence-corrected chi connectivity index (χ2v) is 6.82. The highest BCUT2D eigenvalue weighted by Crippen LogP contribution is 2.47. The van der Waals surface area contributed by atoms with Crippen LogP contribution in [-0.4, -0.2) is 10.2 Å². The molecule has 1 aliphatic rings. The maximum Gasteiger partial charge on any atom is 0.134 e. The minimum absolute atomic E-state index is 0.0629. The Morgan fingerprint density at radius 3 is 2.82 bits per heavy atom. The molecule has 1 heterocycles. The van der Waals surface area contributed by atoms with Gasteiger partial charge in [-0.15, -0.1) is 10.2 Å². The molecule has 1 aromatic heterocycles. The normalized spacial score (nSPS) is 25.8. The summed E-state index contributed by atoms with van der Waals surface area (Å²) in [5, 5.41) is 10.9. The number of nitrogens with zero attached hydrogens (tertiary/aromatic N) is 2. The number of hydrogen-bond donors (Lipinski definition) is 1. The van der Waals surface area contributed by atoms with Crippen molar-refractivity contribution >= 4 is 11.3 Å². The first-order chi connectivity index (χ1) is 8.04. The van der Waals surface area contributed by atoms with Crippen LogP contribution < -0.4 is 5.73 Å². The van der Waals surface area contributed by atoms with Gasteiger partial charge < -0.3 is 5.73 Å². The van der Waals surface area contributed by atoms with E-state index < -0.39 is 0 Å².